The quantitative estimate of drug-likeness (QED) is 0.788. The second-order valence-corrected chi connectivity index (χ2v) is 4.00. The molecular formula is C9H12F3N3. The van der Waals surface area contributed by atoms with Crippen LogP contribution in [0.2, 0.25) is 0 Å². The topological polar surface area (TPSA) is 41.6 Å². The molecule has 0 aromatic carbocycles. The zero-order valence-electron chi connectivity index (χ0n) is 8.09. The van der Waals surface area contributed by atoms with E-state index in [-0.39, 0.29) is 18.8 Å². The molecule has 84 valence electrons. The van der Waals surface area contributed by atoms with Crippen LogP contribution in [0.15, 0.2) is 6.20 Å². The average Bonchev–Trinajstić information content (AvgIpc) is 2.69. The summed E-state index contributed by atoms with van der Waals surface area (Å²) < 4.78 is 37.5. The molecule has 1 saturated carbocycles. The van der Waals surface area contributed by atoms with Crippen LogP contribution in [0.25, 0.3) is 0 Å². The molecule has 2 atom stereocenters. The standard InChI is InChI=1S/C9H12F3N3/c10-9(11,12)7-3-1-2-6(4-7)8-5-13-15-14-8/h5-7H,1-4H2,(H,13,14,15)/t6-,7+/m1/s1. The lowest BCUT2D eigenvalue weighted by Crippen LogP contribution is -2.28. The molecule has 0 bridgehead atoms. The van der Waals surface area contributed by atoms with Gasteiger partial charge in [-0.05, 0) is 19.3 Å². The van der Waals surface area contributed by atoms with E-state index in [0.29, 0.717) is 12.1 Å². The molecule has 6 heteroatoms. The van der Waals surface area contributed by atoms with Gasteiger partial charge in [-0.15, -0.1) is 0 Å². The third kappa shape index (κ3) is 2.30. The second-order valence-electron chi connectivity index (χ2n) is 4.00. The van der Waals surface area contributed by atoms with E-state index in [0.717, 1.165) is 6.42 Å². The van der Waals surface area contributed by atoms with Gasteiger partial charge in [0.25, 0.3) is 0 Å². The Labute approximate surface area is 85.1 Å². The molecule has 2 rings (SSSR count). The van der Waals surface area contributed by atoms with E-state index in [4.69, 9.17) is 0 Å². The Balaban J connectivity index is 2.05. The maximum Gasteiger partial charge on any atom is 0.391 e. The van der Waals surface area contributed by atoms with Crippen molar-refractivity contribution in [3.8, 4) is 0 Å². The van der Waals surface area contributed by atoms with Gasteiger partial charge in [-0.25, -0.2) is 0 Å². The van der Waals surface area contributed by atoms with E-state index in [2.05, 4.69) is 15.4 Å². The molecule has 1 aromatic heterocycles. The number of nitrogens with one attached hydrogen (secondary N) is 1. The summed E-state index contributed by atoms with van der Waals surface area (Å²) in [5.74, 6) is -1.27. The van der Waals surface area contributed by atoms with Crippen molar-refractivity contribution in [2.24, 2.45) is 5.92 Å². The SMILES string of the molecule is FC(F)(F)[C@H]1CCC[C@@H](c2cn[nH]n2)C1. The number of aromatic nitrogens is 3. The van der Waals surface area contributed by atoms with Crippen LogP contribution in [0, 0.1) is 5.92 Å². The van der Waals surface area contributed by atoms with Gasteiger partial charge in [0.2, 0.25) is 0 Å². The maximum atomic E-state index is 12.5. The zero-order valence-corrected chi connectivity index (χ0v) is 8.09. The lowest BCUT2D eigenvalue weighted by Gasteiger charge is -2.29. The number of hydrogen-bond donors (Lipinski definition) is 1. The van der Waals surface area contributed by atoms with Gasteiger partial charge in [-0.1, -0.05) is 6.42 Å². The van der Waals surface area contributed by atoms with Crippen LogP contribution in [-0.2, 0) is 0 Å². The normalized spacial score (nSPS) is 27.9. The fourth-order valence-corrected chi connectivity index (χ4v) is 2.16. The van der Waals surface area contributed by atoms with Crippen molar-refractivity contribution >= 4 is 0 Å². The van der Waals surface area contributed by atoms with E-state index in [1.165, 1.54) is 6.20 Å². The highest BCUT2D eigenvalue weighted by Crippen LogP contribution is 2.42. The van der Waals surface area contributed by atoms with Crippen LogP contribution in [0.1, 0.15) is 37.3 Å². The molecule has 0 unspecified atom stereocenters. The van der Waals surface area contributed by atoms with Crippen LogP contribution in [-0.4, -0.2) is 21.6 Å². The van der Waals surface area contributed by atoms with E-state index in [1.807, 2.05) is 0 Å². The zero-order chi connectivity index (χ0) is 10.9. The van der Waals surface area contributed by atoms with Crippen molar-refractivity contribution in [1.82, 2.24) is 15.4 Å². The summed E-state index contributed by atoms with van der Waals surface area (Å²) in [4.78, 5) is 0. The predicted molar refractivity (Wildman–Crippen MR) is 47.1 cm³/mol. The summed E-state index contributed by atoms with van der Waals surface area (Å²) in [6, 6.07) is 0. The van der Waals surface area contributed by atoms with E-state index in [1.54, 1.807) is 0 Å². The Morgan fingerprint density at radius 1 is 1.33 bits per heavy atom. The first-order valence-electron chi connectivity index (χ1n) is 4.99. The summed E-state index contributed by atoms with van der Waals surface area (Å²) in [7, 11) is 0. The van der Waals surface area contributed by atoms with E-state index in [9.17, 15) is 13.2 Å². The van der Waals surface area contributed by atoms with Crippen LogP contribution in [0.4, 0.5) is 13.2 Å². The van der Waals surface area contributed by atoms with E-state index < -0.39 is 12.1 Å². The molecule has 0 amide bonds. The van der Waals surface area contributed by atoms with Crippen LogP contribution in [0.5, 0.6) is 0 Å². The highest BCUT2D eigenvalue weighted by Gasteiger charge is 2.42. The van der Waals surface area contributed by atoms with Crippen molar-refractivity contribution < 1.29 is 13.2 Å². The van der Waals surface area contributed by atoms with Crippen LogP contribution >= 0.6 is 0 Å². The number of H-pyrrole nitrogens is 1. The van der Waals surface area contributed by atoms with Gasteiger partial charge in [0.1, 0.15) is 0 Å². The van der Waals surface area contributed by atoms with Gasteiger partial charge < -0.3 is 0 Å². The number of aromatic amines is 1. The largest absolute Gasteiger partial charge is 0.391 e. The Bertz CT molecular complexity index is 307. The average molecular weight is 219 g/mol. The third-order valence-electron chi connectivity index (χ3n) is 2.99. The molecule has 0 saturated heterocycles. The van der Waals surface area contributed by atoms with Crippen LogP contribution < -0.4 is 0 Å². The van der Waals surface area contributed by atoms with Crippen LogP contribution in [0.3, 0.4) is 0 Å². The van der Waals surface area contributed by atoms with Crippen molar-refractivity contribution in [2.75, 3.05) is 0 Å². The molecule has 3 nitrogen and oxygen atoms in total. The summed E-state index contributed by atoms with van der Waals surface area (Å²) in [5, 5.41) is 9.92. The molecule has 1 aliphatic rings. The molecule has 0 radical (unpaired) electrons. The predicted octanol–water partition coefficient (Wildman–Crippen LogP) is 2.64. The molecular weight excluding hydrogens is 207 g/mol. The lowest BCUT2D eigenvalue weighted by atomic mass is 9.80. The van der Waals surface area contributed by atoms with Gasteiger partial charge in [-0.2, -0.15) is 28.6 Å². The number of alkyl halides is 3. The first-order chi connectivity index (χ1) is 7.07. The number of rotatable bonds is 1. The third-order valence-corrected chi connectivity index (χ3v) is 2.99. The molecule has 15 heavy (non-hydrogen) atoms. The van der Waals surface area contributed by atoms with Crippen molar-refractivity contribution in [2.45, 2.75) is 37.8 Å². The summed E-state index contributed by atoms with van der Waals surface area (Å²) in [5.41, 5.74) is 0.656. The van der Waals surface area contributed by atoms with E-state index >= 15 is 0 Å². The highest BCUT2D eigenvalue weighted by molar-refractivity contribution is 5.03. The molecule has 1 aromatic rings. The molecule has 0 spiro atoms. The fraction of sp³-hybridized carbons (Fsp3) is 0.778. The van der Waals surface area contributed by atoms with Crippen molar-refractivity contribution in [1.29, 1.82) is 0 Å². The maximum absolute atomic E-state index is 12.5. The Kier molecular flexibility index (Phi) is 2.67. The molecule has 1 aliphatic carbocycles. The number of hydrogen-bond acceptors (Lipinski definition) is 2. The molecule has 1 N–H and O–H groups in total. The smallest absolute Gasteiger partial charge is 0.198 e. The Morgan fingerprint density at radius 3 is 2.73 bits per heavy atom. The summed E-state index contributed by atoms with van der Waals surface area (Å²) >= 11 is 0. The molecule has 0 aliphatic heterocycles. The van der Waals surface area contributed by atoms with Gasteiger partial charge in [-0.3, -0.25) is 0 Å². The monoisotopic (exact) mass is 219 g/mol. The van der Waals surface area contributed by atoms with Crippen molar-refractivity contribution in [3.63, 3.8) is 0 Å². The summed E-state index contributed by atoms with van der Waals surface area (Å²) in [6.07, 6.45) is -0.763. The first-order valence-corrected chi connectivity index (χ1v) is 4.99. The Hall–Kier alpha value is -1.07. The van der Waals surface area contributed by atoms with Gasteiger partial charge >= 0.3 is 6.18 Å². The lowest BCUT2D eigenvalue weighted by molar-refractivity contribution is -0.183. The number of nitrogens with zero attached hydrogens (tertiary/aromatic N) is 2. The molecule has 1 fully saturated rings. The van der Waals surface area contributed by atoms with Gasteiger partial charge in [0, 0.05) is 5.92 Å². The minimum Gasteiger partial charge on any atom is -0.198 e. The Morgan fingerprint density at radius 2 is 2.13 bits per heavy atom. The minimum absolute atomic E-state index is 0.0934. The highest BCUT2D eigenvalue weighted by atomic mass is 19.4. The fourth-order valence-electron chi connectivity index (χ4n) is 2.16. The van der Waals surface area contributed by atoms with Crippen molar-refractivity contribution in [3.05, 3.63) is 11.9 Å². The number of halogens is 3. The molecule has 1 heterocycles. The van der Waals surface area contributed by atoms with Gasteiger partial charge in [0.05, 0.1) is 17.8 Å². The van der Waals surface area contributed by atoms with Gasteiger partial charge in [0.15, 0.2) is 0 Å². The second kappa shape index (κ2) is 3.83. The summed E-state index contributed by atoms with van der Waals surface area (Å²) in [6.45, 7) is 0. The minimum atomic E-state index is -4.07. The first kappa shape index (κ1) is 10.4.